The van der Waals surface area contributed by atoms with Crippen LogP contribution >= 0.6 is 0 Å². The highest BCUT2D eigenvalue weighted by Crippen LogP contribution is 2.21. The van der Waals surface area contributed by atoms with Crippen molar-refractivity contribution < 1.29 is 0 Å². The molecule has 0 spiro atoms. The Hall–Kier alpha value is -1.83. The standard InChI is InChI=1S/C14H16N2/c1-3-11-4-6-12(7-5-11)13-8-10(2)14(15)16-9-13/h4-9H,3H2,1-2H3,(H2,15,16). The highest BCUT2D eigenvalue weighted by Gasteiger charge is 2.01. The maximum absolute atomic E-state index is 5.70. The minimum atomic E-state index is 0.605. The number of aromatic nitrogens is 1. The molecular formula is C14H16N2. The Balaban J connectivity index is 2.38. The first kappa shape index (κ1) is 10.7. The van der Waals surface area contributed by atoms with Gasteiger partial charge in [0.1, 0.15) is 5.82 Å². The lowest BCUT2D eigenvalue weighted by Crippen LogP contribution is -1.94. The molecule has 0 aliphatic rings. The van der Waals surface area contributed by atoms with Gasteiger partial charge in [0.25, 0.3) is 0 Å². The molecule has 0 fully saturated rings. The largest absolute Gasteiger partial charge is 0.383 e. The normalized spacial score (nSPS) is 10.4. The van der Waals surface area contributed by atoms with Crippen LogP contribution in [0.15, 0.2) is 36.5 Å². The van der Waals surface area contributed by atoms with E-state index in [-0.39, 0.29) is 0 Å². The highest BCUT2D eigenvalue weighted by molar-refractivity contribution is 5.65. The second kappa shape index (κ2) is 4.35. The maximum atomic E-state index is 5.70. The van der Waals surface area contributed by atoms with Gasteiger partial charge < -0.3 is 5.73 Å². The van der Waals surface area contributed by atoms with E-state index in [1.54, 1.807) is 0 Å². The Morgan fingerprint density at radius 2 is 1.81 bits per heavy atom. The van der Waals surface area contributed by atoms with E-state index in [0.29, 0.717) is 5.82 Å². The molecule has 1 heterocycles. The van der Waals surface area contributed by atoms with Gasteiger partial charge in [-0.1, -0.05) is 31.2 Å². The molecule has 2 rings (SSSR count). The van der Waals surface area contributed by atoms with E-state index in [1.165, 1.54) is 11.1 Å². The molecule has 0 saturated carbocycles. The van der Waals surface area contributed by atoms with Crippen molar-refractivity contribution in [3.05, 3.63) is 47.7 Å². The van der Waals surface area contributed by atoms with Crippen LogP contribution in [0.2, 0.25) is 0 Å². The Morgan fingerprint density at radius 1 is 1.12 bits per heavy atom. The zero-order valence-electron chi connectivity index (χ0n) is 9.70. The average molecular weight is 212 g/mol. The lowest BCUT2D eigenvalue weighted by molar-refractivity contribution is 1.14. The maximum Gasteiger partial charge on any atom is 0.126 e. The van der Waals surface area contributed by atoms with Gasteiger partial charge in [-0.25, -0.2) is 4.98 Å². The Morgan fingerprint density at radius 3 is 2.38 bits per heavy atom. The fraction of sp³-hybridized carbons (Fsp3) is 0.214. The fourth-order valence-electron chi connectivity index (χ4n) is 1.68. The van der Waals surface area contributed by atoms with Gasteiger partial charge in [-0.05, 0) is 36.1 Å². The smallest absolute Gasteiger partial charge is 0.126 e. The van der Waals surface area contributed by atoms with E-state index in [4.69, 9.17) is 5.73 Å². The molecular weight excluding hydrogens is 196 g/mol. The third kappa shape index (κ3) is 2.06. The van der Waals surface area contributed by atoms with E-state index in [9.17, 15) is 0 Å². The molecule has 82 valence electrons. The number of anilines is 1. The molecule has 2 aromatic rings. The average Bonchev–Trinajstić information content (AvgIpc) is 2.33. The molecule has 0 atom stereocenters. The van der Waals surface area contributed by atoms with Crippen molar-refractivity contribution >= 4 is 5.82 Å². The van der Waals surface area contributed by atoms with Gasteiger partial charge in [0.15, 0.2) is 0 Å². The van der Waals surface area contributed by atoms with Crippen molar-refractivity contribution in [2.75, 3.05) is 5.73 Å². The Labute approximate surface area is 96.1 Å². The van der Waals surface area contributed by atoms with Crippen molar-refractivity contribution in [3.8, 4) is 11.1 Å². The second-order valence-electron chi connectivity index (χ2n) is 3.98. The van der Waals surface area contributed by atoms with Crippen molar-refractivity contribution in [2.24, 2.45) is 0 Å². The minimum absolute atomic E-state index is 0.605. The Bertz CT molecular complexity index is 487. The molecule has 0 unspecified atom stereocenters. The SMILES string of the molecule is CCc1ccc(-c2cnc(N)c(C)c2)cc1. The van der Waals surface area contributed by atoms with Gasteiger partial charge >= 0.3 is 0 Å². The molecule has 0 bridgehead atoms. The van der Waals surface area contributed by atoms with Crippen LogP contribution in [0.4, 0.5) is 5.82 Å². The number of rotatable bonds is 2. The van der Waals surface area contributed by atoms with Crippen LogP contribution in [-0.4, -0.2) is 4.98 Å². The van der Waals surface area contributed by atoms with E-state index < -0.39 is 0 Å². The van der Waals surface area contributed by atoms with Crippen molar-refractivity contribution in [1.82, 2.24) is 4.98 Å². The van der Waals surface area contributed by atoms with Crippen LogP contribution in [0.1, 0.15) is 18.1 Å². The number of pyridine rings is 1. The summed E-state index contributed by atoms with van der Waals surface area (Å²) < 4.78 is 0. The van der Waals surface area contributed by atoms with E-state index >= 15 is 0 Å². The number of aryl methyl sites for hydroxylation is 2. The van der Waals surface area contributed by atoms with Crippen LogP contribution < -0.4 is 5.73 Å². The number of hydrogen-bond donors (Lipinski definition) is 1. The van der Waals surface area contributed by atoms with Crippen LogP contribution in [0.5, 0.6) is 0 Å². The molecule has 2 heteroatoms. The van der Waals surface area contributed by atoms with Gasteiger partial charge in [0.2, 0.25) is 0 Å². The number of hydrogen-bond acceptors (Lipinski definition) is 2. The lowest BCUT2D eigenvalue weighted by Gasteiger charge is -2.05. The van der Waals surface area contributed by atoms with Crippen LogP contribution in [0.25, 0.3) is 11.1 Å². The fourth-order valence-corrected chi connectivity index (χ4v) is 1.68. The molecule has 0 aliphatic heterocycles. The summed E-state index contributed by atoms with van der Waals surface area (Å²) in [6.07, 6.45) is 2.89. The van der Waals surface area contributed by atoms with E-state index in [2.05, 4.69) is 42.2 Å². The first-order valence-corrected chi connectivity index (χ1v) is 5.52. The zero-order chi connectivity index (χ0) is 11.5. The van der Waals surface area contributed by atoms with Gasteiger partial charge in [-0.2, -0.15) is 0 Å². The van der Waals surface area contributed by atoms with Crippen LogP contribution in [-0.2, 0) is 6.42 Å². The summed E-state index contributed by atoms with van der Waals surface area (Å²) >= 11 is 0. The number of benzene rings is 1. The molecule has 2 N–H and O–H groups in total. The Kier molecular flexibility index (Phi) is 2.91. The monoisotopic (exact) mass is 212 g/mol. The summed E-state index contributed by atoms with van der Waals surface area (Å²) in [5.41, 5.74) is 10.4. The van der Waals surface area contributed by atoms with Crippen molar-refractivity contribution in [1.29, 1.82) is 0 Å². The van der Waals surface area contributed by atoms with E-state index in [0.717, 1.165) is 17.5 Å². The van der Waals surface area contributed by atoms with Gasteiger partial charge in [0.05, 0.1) is 0 Å². The first-order valence-electron chi connectivity index (χ1n) is 5.52. The highest BCUT2D eigenvalue weighted by atomic mass is 14.8. The summed E-state index contributed by atoms with van der Waals surface area (Å²) in [7, 11) is 0. The summed E-state index contributed by atoms with van der Waals surface area (Å²) in [6, 6.07) is 10.6. The van der Waals surface area contributed by atoms with Crippen molar-refractivity contribution in [3.63, 3.8) is 0 Å². The molecule has 2 nitrogen and oxygen atoms in total. The van der Waals surface area contributed by atoms with E-state index in [1.807, 2.05) is 13.1 Å². The first-order chi connectivity index (χ1) is 7.70. The van der Waals surface area contributed by atoms with Gasteiger partial charge in [-0.3, -0.25) is 0 Å². The predicted octanol–water partition coefficient (Wildman–Crippen LogP) is 3.20. The molecule has 1 aromatic heterocycles. The number of nitrogens with two attached hydrogens (primary N) is 1. The molecule has 0 radical (unpaired) electrons. The van der Waals surface area contributed by atoms with Gasteiger partial charge in [0, 0.05) is 11.8 Å². The number of nitrogen functional groups attached to an aromatic ring is 1. The van der Waals surface area contributed by atoms with Crippen molar-refractivity contribution in [2.45, 2.75) is 20.3 Å². The molecule has 0 amide bonds. The molecule has 0 saturated heterocycles. The topological polar surface area (TPSA) is 38.9 Å². The molecule has 16 heavy (non-hydrogen) atoms. The summed E-state index contributed by atoms with van der Waals surface area (Å²) in [5, 5.41) is 0. The molecule has 1 aromatic carbocycles. The van der Waals surface area contributed by atoms with Crippen LogP contribution in [0, 0.1) is 6.92 Å². The molecule has 0 aliphatic carbocycles. The summed E-state index contributed by atoms with van der Waals surface area (Å²) in [4.78, 5) is 4.18. The quantitative estimate of drug-likeness (QED) is 0.830. The third-order valence-corrected chi connectivity index (χ3v) is 2.81. The summed E-state index contributed by atoms with van der Waals surface area (Å²) in [6.45, 7) is 4.14. The third-order valence-electron chi connectivity index (χ3n) is 2.81. The summed E-state index contributed by atoms with van der Waals surface area (Å²) in [5.74, 6) is 0.605. The number of nitrogens with zero attached hydrogens (tertiary/aromatic N) is 1. The minimum Gasteiger partial charge on any atom is -0.383 e. The van der Waals surface area contributed by atoms with Crippen LogP contribution in [0.3, 0.4) is 0 Å². The zero-order valence-corrected chi connectivity index (χ0v) is 9.70. The van der Waals surface area contributed by atoms with Gasteiger partial charge in [-0.15, -0.1) is 0 Å². The lowest BCUT2D eigenvalue weighted by atomic mass is 10.0. The second-order valence-corrected chi connectivity index (χ2v) is 3.98. The predicted molar refractivity (Wildman–Crippen MR) is 68.2 cm³/mol.